The maximum Gasteiger partial charge on any atom is 0.344 e. The van der Waals surface area contributed by atoms with Gasteiger partial charge >= 0.3 is 11.9 Å². The molecule has 4 bridgehead atoms. The van der Waals surface area contributed by atoms with Gasteiger partial charge in [0.2, 0.25) is 0 Å². The molecular weight excluding hydrogens is 284 g/mol. The molecule has 4 rings (SSSR count). The highest BCUT2D eigenvalue weighted by atomic mass is 16.6. The van der Waals surface area contributed by atoms with Crippen LogP contribution in [0.15, 0.2) is 12.7 Å². The van der Waals surface area contributed by atoms with Gasteiger partial charge in [-0.3, -0.25) is 4.79 Å². The molecule has 22 heavy (non-hydrogen) atoms. The standard InChI is InChI=1S/C17H22O5/c1-4-13(18)21-9-14(19)22-17-7-10-5-11(8-17)15(20)12(6-10)16(17,2)3/h4,10-12H,1,5-9H2,2-3H3. The summed E-state index contributed by atoms with van der Waals surface area (Å²) in [5.74, 6) is -0.394. The highest BCUT2D eigenvalue weighted by Gasteiger charge is 2.66. The molecule has 4 unspecified atom stereocenters. The number of hydrogen-bond donors (Lipinski definition) is 0. The summed E-state index contributed by atoms with van der Waals surface area (Å²) in [4.78, 5) is 35.6. The van der Waals surface area contributed by atoms with E-state index in [4.69, 9.17) is 9.47 Å². The van der Waals surface area contributed by atoms with Gasteiger partial charge in [-0.25, -0.2) is 9.59 Å². The third-order valence-electron chi connectivity index (χ3n) is 5.98. The minimum Gasteiger partial charge on any atom is -0.456 e. The van der Waals surface area contributed by atoms with Gasteiger partial charge in [-0.15, -0.1) is 0 Å². The van der Waals surface area contributed by atoms with Crippen LogP contribution >= 0.6 is 0 Å². The first-order chi connectivity index (χ1) is 10.3. The average molecular weight is 306 g/mol. The van der Waals surface area contributed by atoms with Crippen molar-refractivity contribution in [2.75, 3.05) is 6.61 Å². The summed E-state index contributed by atoms with van der Waals surface area (Å²) >= 11 is 0. The topological polar surface area (TPSA) is 69.7 Å². The Hall–Kier alpha value is -1.65. The molecule has 0 amide bonds. The van der Waals surface area contributed by atoms with E-state index in [9.17, 15) is 14.4 Å². The summed E-state index contributed by atoms with van der Waals surface area (Å²) in [5.41, 5.74) is -0.968. The van der Waals surface area contributed by atoms with Crippen molar-refractivity contribution in [3.8, 4) is 0 Å². The lowest BCUT2D eigenvalue weighted by Gasteiger charge is -2.63. The van der Waals surface area contributed by atoms with Crippen molar-refractivity contribution in [3.63, 3.8) is 0 Å². The summed E-state index contributed by atoms with van der Waals surface area (Å²) in [5, 5.41) is 0. The highest BCUT2D eigenvalue weighted by molar-refractivity contribution is 5.87. The van der Waals surface area contributed by atoms with Crippen LogP contribution in [0.1, 0.15) is 39.5 Å². The number of Topliss-reactive ketones (excluding diaryl/α,β-unsaturated/α-hetero) is 1. The van der Waals surface area contributed by atoms with E-state index in [-0.39, 0.29) is 17.3 Å². The van der Waals surface area contributed by atoms with E-state index in [1.165, 1.54) is 0 Å². The minimum absolute atomic E-state index is 0.0223. The summed E-state index contributed by atoms with van der Waals surface area (Å²) < 4.78 is 10.6. The van der Waals surface area contributed by atoms with Gasteiger partial charge in [0.1, 0.15) is 11.4 Å². The molecule has 0 spiro atoms. The maximum atomic E-state index is 12.5. The molecule has 0 aromatic rings. The molecule has 0 aliphatic heterocycles. The number of ether oxygens (including phenoxy) is 2. The van der Waals surface area contributed by atoms with Crippen LogP contribution in [0.5, 0.6) is 0 Å². The second-order valence-corrected chi connectivity index (χ2v) is 7.40. The first-order valence-electron chi connectivity index (χ1n) is 7.84. The van der Waals surface area contributed by atoms with Gasteiger partial charge in [-0.05, 0) is 31.6 Å². The second-order valence-electron chi connectivity index (χ2n) is 7.40. The molecule has 0 aromatic carbocycles. The van der Waals surface area contributed by atoms with E-state index in [1.807, 2.05) is 13.8 Å². The normalized spacial score (nSPS) is 37.7. The highest BCUT2D eigenvalue weighted by Crippen LogP contribution is 2.63. The Morgan fingerprint density at radius 2 is 2.05 bits per heavy atom. The monoisotopic (exact) mass is 306 g/mol. The van der Waals surface area contributed by atoms with Crippen molar-refractivity contribution < 1.29 is 23.9 Å². The zero-order valence-electron chi connectivity index (χ0n) is 13.1. The molecule has 0 radical (unpaired) electrons. The molecule has 4 saturated carbocycles. The van der Waals surface area contributed by atoms with Crippen LogP contribution in [0, 0.1) is 23.2 Å². The summed E-state index contributed by atoms with van der Waals surface area (Å²) in [7, 11) is 0. The lowest BCUT2D eigenvalue weighted by atomic mass is 9.44. The van der Waals surface area contributed by atoms with E-state index < -0.39 is 24.1 Å². The van der Waals surface area contributed by atoms with Crippen molar-refractivity contribution in [3.05, 3.63) is 12.7 Å². The Balaban J connectivity index is 1.77. The van der Waals surface area contributed by atoms with Gasteiger partial charge in [0.15, 0.2) is 6.61 Å². The molecule has 0 N–H and O–H groups in total. The van der Waals surface area contributed by atoms with Gasteiger partial charge in [0.25, 0.3) is 0 Å². The lowest BCUT2D eigenvalue weighted by molar-refractivity contribution is -0.231. The van der Waals surface area contributed by atoms with Gasteiger partial charge < -0.3 is 9.47 Å². The largest absolute Gasteiger partial charge is 0.456 e. The van der Waals surface area contributed by atoms with Crippen LogP contribution in [0.4, 0.5) is 0 Å². The molecular formula is C17H22O5. The van der Waals surface area contributed by atoms with Crippen LogP contribution in [0.2, 0.25) is 0 Å². The van der Waals surface area contributed by atoms with E-state index in [0.717, 1.165) is 25.3 Å². The number of esters is 2. The number of ketones is 1. The Kier molecular flexibility index (Phi) is 3.42. The molecule has 4 atom stereocenters. The quantitative estimate of drug-likeness (QED) is 0.587. The van der Waals surface area contributed by atoms with Gasteiger partial charge in [0.05, 0.1) is 0 Å². The van der Waals surface area contributed by atoms with Gasteiger partial charge in [-0.1, -0.05) is 20.4 Å². The Morgan fingerprint density at radius 1 is 1.32 bits per heavy atom. The van der Waals surface area contributed by atoms with Crippen LogP contribution in [0.25, 0.3) is 0 Å². The maximum absolute atomic E-state index is 12.5. The van der Waals surface area contributed by atoms with Crippen molar-refractivity contribution >= 4 is 17.7 Å². The van der Waals surface area contributed by atoms with Crippen molar-refractivity contribution in [2.45, 2.75) is 45.1 Å². The number of carbonyl (C=O) groups is 3. The molecule has 4 fully saturated rings. The van der Waals surface area contributed by atoms with Crippen LogP contribution in [-0.2, 0) is 23.9 Å². The smallest absolute Gasteiger partial charge is 0.344 e. The fraction of sp³-hybridized carbons (Fsp3) is 0.706. The molecule has 5 nitrogen and oxygen atoms in total. The zero-order valence-corrected chi connectivity index (χ0v) is 13.1. The second kappa shape index (κ2) is 4.93. The summed E-state index contributed by atoms with van der Waals surface area (Å²) in [6.07, 6.45) is 4.26. The van der Waals surface area contributed by atoms with Crippen molar-refractivity contribution in [2.24, 2.45) is 23.2 Å². The van der Waals surface area contributed by atoms with Crippen molar-refractivity contribution in [1.29, 1.82) is 0 Å². The molecule has 0 heterocycles. The van der Waals surface area contributed by atoms with Crippen LogP contribution in [0.3, 0.4) is 0 Å². The minimum atomic E-state index is -0.642. The Labute approximate surface area is 130 Å². The fourth-order valence-corrected chi connectivity index (χ4v) is 4.79. The van der Waals surface area contributed by atoms with Gasteiger partial charge in [0, 0.05) is 23.3 Å². The molecule has 0 aromatic heterocycles. The third kappa shape index (κ3) is 2.09. The first-order valence-corrected chi connectivity index (χ1v) is 7.84. The van der Waals surface area contributed by atoms with Crippen LogP contribution < -0.4 is 0 Å². The Morgan fingerprint density at radius 3 is 2.73 bits per heavy atom. The lowest BCUT2D eigenvalue weighted by Crippen LogP contribution is -2.67. The number of carbonyl (C=O) groups excluding carboxylic acids is 3. The summed E-state index contributed by atoms with van der Waals surface area (Å²) in [6.45, 7) is 6.93. The SMILES string of the molecule is C=CC(=O)OCC(=O)OC12CC3CC(C1)C(=O)C(C3)C2(C)C. The first kappa shape index (κ1) is 15.3. The Bertz CT molecular complexity index is 549. The van der Waals surface area contributed by atoms with Crippen molar-refractivity contribution in [1.82, 2.24) is 0 Å². The van der Waals surface area contributed by atoms with Crippen LogP contribution in [-0.4, -0.2) is 29.9 Å². The number of hydrogen-bond acceptors (Lipinski definition) is 5. The molecule has 0 saturated heterocycles. The molecule has 5 heteroatoms. The predicted molar refractivity (Wildman–Crippen MR) is 77.7 cm³/mol. The van der Waals surface area contributed by atoms with E-state index in [0.29, 0.717) is 18.1 Å². The van der Waals surface area contributed by atoms with E-state index >= 15 is 0 Å². The fourth-order valence-electron chi connectivity index (χ4n) is 4.79. The predicted octanol–water partition coefficient (Wildman–Crippen LogP) is 2.04. The van der Waals surface area contributed by atoms with Gasteiger partial charge in [-0.2, -0.15) is 0 Å². The van der Waals surface area contributed by atoms with E-state index in [1.54, 1.807) is 0 Å². The number of rotatable bonds is 4. The zero-order chi connectivity index (χ0) is 16.1. The van der Waals surface area contributed by atoms with E-state index in [2.05, 4.69) is 6.58 Å². The summed E-state index contributed by atoms with van der Waals surface area (Å²) in [6, 6.07) is 0. The average Bonchev–Trinajstić information content (AvgIpc) is 2.46. The third-order valence-corrected chi connectivity index (χ3v) is 5.98. The molecule has 4 aliphatic carbocycles. The molecule has 4 aliphatic rings. The molecule has 120 valence electrons.